The van der Waals surface area contributed by atoms with Crippen molar-refractivity contribution in [2.24, 2.45) is 0 Å². The molecule has 3 heterocycles. The maximum Gasteiger partial charge on any atom is 0.119 e. The summed E-state index contributed by atoms with van der Waals surface area (Å²) in [6.07, 6.45) is 0.858. The van der Waals surface area contributed by atoms with Gasteiger partial charge in [-0.1, -0.05) is 18.2 Å². The highest BCUT2D eigenvalue weighted by molar-refractivity contribution is 7.10. The van der Waals surface area contributed by atoms with Crippen molar-refractivity contribution in [2.75, 3.05) is 19.7 Å². The molecule has 3 aromatic rings. The molecule has 0 amide bonds. The number of aliphatic hydroxyl groups is 1. The third-order valence-corrected chi connectivity index (χ3v) is 6.89. The number of nitrogens with zero attached hydrogens (tertiary/aromatic N) is 2. The summed E-state index contributed by atoms with van der Waals surface area (Å²) in [6.45, 7) is 1.77. The van der Waals surface area contributed by atoms with Crippen LogP contribution in [0.25, 0.3) is 0 Å². The molecule has 0 spiro atoms. The van der Waals surface area contributed by atoms with E-state index in [0.29, 0.717) is 18.7 Å². The topological polar surface area (TPSA) is 56.5 Å². The van der Waals surface area contributed by atoms with Crippen molar-refractivity contribution in [3.05, 3.63) is 74.1 Å². The minimum absolute atomic E-state index is 0.218. The molecule has 1 aliphatic heterocycles. The number of hydrogen-bond donors (Lipinski definition) is 1. The third kappa shape index (κ3) is 4.29. The van der Waals surface area contributed by atoms with Crippen LogP contribution in [0.3, 0.4) is 0 Å². The van der Waals surface area contributed by atoms with E-state index in [-0.39, 0.29) is 12.6 Å². The van der Waals surface area contributed by atoms with Gasteiger partial charge in [-0.2, -0.15) is 5.26 Å². The van der Waals surface area contributed by atoms with Crippen molar-refractivity contribution in [1.29, 1.82) is 5.26 Å². The molecule has 0 bridgehead atoms. The van der Waals surface area contributed by atoms with Gasteiger partial charge in [0, 0.05) is 22.8 Å². The largest absolute Gasteiger partial charge is 0.491 e. The lowest BCUT2D eigenvalue weighted by Gasteiger charge is -2.36. The van der Waals surface area contributed by atoms with Crippen molar-refractivity contribution in [1.82, 2.24) is 4.90 Å². The Morgan fingerprint density at radius 3 is 2.79 bits per heavy atom. The Bertz CT molecular complexity index is 928. The number of nitriles is 1. The molecule has 0 saturated carbocycles. The van der Waals surface area contributed by atoms with Gasteiger partial charge in [0.1, 0.15) is 18.5 Å². The first-order chi connectivity index (χ1) is 13.7. The first-order valence-corrected chi connectivity index (χ1v) is 11.1. The van der Waals surface area contributed by atoms with E-state index in [0.717, 1.165) is 18.5 Å². The molecule has 1 aromatic carbocycles. The molecule has 2 aromatic heterocycles. The van der Waals surface area contributed by atoms with Crippen molar-refractivity contribution in [3.63, 3.8) is 0 Å². The number of rotatable bonds is 7. The van der Waals surface area contributed by atoms with E-state index in [2.05, 4.69) is 39.9 Å². The fourth-order valence-electron chi connectivity index (χ4n) is 3.66. The van der Waals surface area contributed by atoms with Crippen LogP contribution in [-0.4, -0.2) is 35.8 Å². The Morgan fingerprint density at radius 1 is 1.18 bits per heavy atom. The summed E-state index contributed by atoms with van der Waals surface area (Å²) in [4.78, 5) is 5.14. The van der Waals surface area contributed by atoms with E-state index in [4.69, 9.17) is 10.00 Å². The Morgan fingerprint density at radius 2 is 2.04 bits per heavy atom. The van der Waals surface area contributed by atoms with E-state index in [1.54, 1.807) is 11.3 Å². The van der Waals surface area contributed by atoms with E-state index >= 15 is 0 Å². The lowest BCUT2D eigenvalue weighted by atomic mass is 9.98. The van der Waals surface area contributed by atoms with Crippen molar-refractivity contribution in [2.45, 2.75) is 25.0 Å². The maximum atomic E-state index is 10.6. The van der Waals surface area contributed by atoms with Crippen LogP contribution >= 0.6 is 22.7 Å². The van der Waals surface area contributed by atoms with Gasteiger partial charge in [0.25, 0.3) is 0 Å². The average molecular weight is 411 g/mol. The third-order valence-electron chi connectivity index (χ3n) is 4.97. The number of benzene rings is 1. The lowest BCUT2D eigenvalue weighted by molar-refractivity contribution is 0.0562. The van der Waals surface area contributed by atoms with Crippen LogP contribution in [0.2, 0.25) is 0 Å². The van der Waals surface area contributed by atoms with Crippen LogP contribution in [0.15, 0.2) is 53.2 Å². The number of β-amino-alcohol motifs (C(OH)–C–C–N with tert-alkyl or cyclic N) is 1. The first kappa shape index (κ1) is 19.2. The fraction of sp³-hybridized carbons (Fsp3) is 0.318. The van der Waals surface area contributed by atoms with E-state index in [1.807, 2.05) is 35.6 Å². The van der Waals surface area contributed by atoms with Crippen molar-refractivity contribution < 1.29 is 9.84 Å². The number of hydrogen-bond acceptors (Lipinski definition) is 6. The zero-order valence-electron chi connectivity index (χ0n) is 15.5. The van der Waals surface area contributed by atoms with Crippen LogP contribution in [0, 0.1) is 11.3 Å². The molecule has 4 nitrogen and oxygen atoms in total. The predicted octanol–water partition coefficient (Wildman–Crippen LogP) is 4.26. The summed E-state index contributed by atoms with van der Waals surface area (Å²) >= 11 is 3.60. The number of fused-ring (bicyclic) bond motifs is 1. The average Bonchev–Trinajstić information content (AvgIpc) is 3.39. The SMILES string of the molecule is N#CCc1ccc(OC[C@@H](O)CN2CCc3sccc3[C@@H]2c2cccs2)cc1. The van der Waals surface area contributed by atoms with Gasteiger partial charge in [-0.15, -0.1) is 22.7 Å². The monoisotopic (exact) mass is 410 g/mol. The molecule has 2 atom stereocenters. The van der Waals surface area contributed by atoms with Crippen molar-refractivity contribution >= 4 is 22.7 Å². The molecule has 144 valence electrons. The van der Waals surface area contributed by atoms with Gasteiger partial charge in [0.15, 0.2) is 0 Å². The van der Waals surface area contributed by atoms with Gasteiger partial charge in [-0.05, 0) is 52.6 Å². The molecule has 1 aliphatic rings. The molecular formula is C22H22N2O2S2. The van der Waals surface area contributed by atoms with E-state index < -0.39 is 6.10 Å². The molecule has 0 aliphatic carbocycles. The Labute approximate surface area is 173 Å². The molecule has 0 fully saturated rings. The zero-order valence-corrected chi connectivity index (χ0v) is 17.1. The normalized spacial score (nSPS) is 17.6. The van der Waals surface area contributed by atoms with Gasteiger partial charge in [0.2, 0.25) is 0 Å². The van der Waals surface area contributed by atoms with Gasteiger partial charge in [-0.25, -0.2) is 0 Å². The second kappa shape index (κ2) is 8.89. The summed E-state index contributed by atoms with van der Waals surface area (Å²) in [5.74, 6) is 0.717. The molecule has 4 rings (SSSR count). The molecule has 28 heavy (non-hydrogen) atoms. The second-order valence-electron chi connectivity index (χ2n) is 6.91. The van der Waals surface area contributed by atoms with Gasteiger partial charge < -0.3 is 9.84 Å². The summed E-state index contributed by atoms with van der Waals surface area (Å²) < 4.78 is 5.77. The summed E-state index contributed by atoms with van der Waals surface area (Å²) in [7, 11) is 0. The Hall–Kier alpha value is -2.17. The van der Waals surface area contributed by atoms with Crippen molar-refractivity contribution in [3.8, 4) is 11.8 Å². The lowest BCUT2D eigenvalue weighted by Crippen LogP contribution is -2.41. The molecule has 0 unspecified atom stereocenters. The highest BCUT2D eigenvalue weighted by Gasteiger charge is 2.31. The fourth-order valence-corrected chi connectivity index (χ4v) is 5.44. The molecule has 1 N–H and O–H groups in total. The van der Waals surface area contributed by atoms with Gasteiger partial charge in [0.05, 0.1) is 18.5 Å². The Balaban J connectivity index is 1.39. The quantitative estimate of drug-likeness (QED) is 0.632. The summed E-state index contributed by atoms with van der Waals surface area (Å²) in [5, 5.41) is 23.6. The maximum absolute atomic E-state index is 10.6. The van der Waals surface area contributed by atoms with Crippen LogP contribution in [-0.2, 0) is 12.8 Å². The molecular weight excluding hydrogens is 388 g/mol. The van der Waals surface area contributed by atoms with Gasteiger partial charge in [-0.3, -0.25) is 4.90 Å². The predicted molar refractivity (Wildman–Crippen MR) is 113 cm³/mol. The minimum Gasteiger partial charge on any atom is -0.491 e. The second-order valence-corrected chi connectivity index (χ2v) is 8.89. The molecule has 0 saturated heterocycles. The van der Waals surface area contributed by atoms with Gasteiger partial charge >= 0.3 is 0 Å². The summed E-state index contributed by atoms with van der Waals surface area (Å²) in [6, 6.07) is 16.3. The zero-order chi connectivity index (χ0) is 19.3. The highest BCUT2D eigenvalue weighted by atomic mass is 32.1. The first-order valence-electron chi connectivity index (χ1n) is 9.35. The minimum atomic E-state index is -0.568. The van der Waals surface area contributed by atoms with Crippen LogP contribution in [0.1, 0.15) is 26.9 Å². The number of thiophene rings is 2. The standard InChI is InChI=1S/C22H22N2O2S2/c23-10-7-16-3-5-18(6-4-16)26-15-17(25)14-24-11-8-20-19(9-13-28-20)22(24)21-2-1-12-27-21/h1-6,9,12-13,17,22,25H,7-8,11,14-15H2/t17-,22+/m0/s1. The smallest absolute Gasteiger partial charge is 0.119 e. The van der Waals surface area contributed by atoms with E-state index in [1.165, 1.54) is 15.3 Å². The van der Waals surface area contributed by atoms with E-state index in [9.17, 15) is 5.11 Å². The van der Waals surface area contributed by atoms with Crippen LogP contribution in [0.5, 0.6) is 5.75 Å². The Kier molecular flexibility index (Phi) is 6.08. The number of aliphatic hydroxyl groups excluding tert-OH is 1. The number of ether oxygens (including phenoxy) is 1. The molecule has 6 heteroatoms. The van der Waals surface area contributed by atoms with Crippen LogP contribution in [0.4, 0.5) is 0 Å². The van der Waals surface area contributed by atoms with Crippen LogP contribution < -0.4 is 4.74 Å². The highest BCUT2D eigenvalue weighted by Crippen LogP contribution is 2.39. The summed E-state index contributed by atoms with van der Waals surface area (Å²) in [5.41, 5.74) is 2.34. The molecule has 0 radical (unpaired) electrons.